The monoisotopic (exact) mass is 306 g/mol. The molecule has 1 nitrogen and oxygen atoms in total. The number of aromatic hydroxyl groups is 1. The maximum absolute atomic E-state index is 9.23. The largest absolute Gasteiger partial charge is 0.499 e. The molecular weight excluding hydrogens is 304 g/mol. The smallest absolute Gasteiger partial charge is 0.172 e. The van der Waals surface area contributed by atoms with E-state index in [4.69, 9.17) is 0 Å². The molecule has 0 radical (unpaired) electrons. The van der Waals surface area contributed by atoms with Gasteiger partial charge in [0.2, 0.25) is 0 Å². The summed E-state index contributed by atoms with van der Waals surface area (Å²) in [4.78, 5) is 0. The summed E-state index contributed by atoms with van der Waals surface area (Å²) in [6.45, 7) is 0. The molecule has 4 heteroatoms. The second-order valence-electron chi connectivity index (χ2n) is 2.39. The van der Waals surface area contributed by atoms with E-state index in [9.17, 15) is 5.11 Å². The van der Waals surface area contributed by atoms with Crippen LogP contribution in [0.4, 0.5) is 0 Å². The lowest BCUT2D eigenvalue weighted by molar-refractivity contribution is 0.491. The number of halogens is 2. The number of rotatable bonds is 0. The number of hydrogen-bond donors (Lipinski definition) is 1. The average Bonchev–Trinajstić information content (AvgIpc) is 2.30. The summed E-state index contributed by atoms with van der Waals surface area (Å²) in [7, 11) is 0. The van der Waals surface area contributed by atoms with Gasteiger partial charge in [0.15, 0.2) is 5.06 Å². The van der Waals surface area contributed by atoms with Crippen LogP contribution in [-0.2, 0) is 0 Å². The lowest BCUT2D eigenvalue weighted by Gasteiger charge is -1.94. The van der Waals surface area contributed by atoms with E-state index >= 15 is 0 Å². The van der Waals surface area contributed by atoms with Crippen LogP contribution in [0.5, 0.6) is 5.06 Å². The Morgan fingerprint density at radius 2 is 1.75 bits per heavy atom. The average molecular weight is 308 g/mol. The van der Waals surface area contributed by atoms with Crippen LogP contribution in [0.15, 0.2) is 27.1 Å². The first-order valence-corrected chi connectivity index (χ1v) is 5.64. The van der Waals surface area contributed by atoms with Crippen molar-refractivity contribution in [1.29, 1.82) is 0 Å². The van der Waals surface area contributed by atoms with Crippen LogP contribution in [0.25, 0.3) is 10.1 Å². The Kier molecular flexibility index (Phi) is 2.14. The van der Waals surface area contributed by atoms with E-state index in [0.29, 0.717) is 5.06 Å². The Balaban J connectivity index is 2.83. The van der Waals surface area contributed by atoms with Gasteiger partial charge in [0.05, 0.1) is 0 Å². The summed E-state index contributed by atoms with van der Waals surface area (Å²) in [5.74, 6) is 0. The molecule has 0 bridgehead atoms. The van der Waals surface area contributed by atoms with Crippen LogP contribution in [0.3, 0.4) is 0 Å². The maximum Gasteiger partial charge on any atom is 0.172 e. The highest BCUT2D eigenvalue weighted by molar-refractivity contribution is 9.13. The van der Waals surface area contributed by atoms with Crippen LogP contribution < -0.4 is 0 Å². The van der Waals surface area contributed by atoms with Crippen LogP contribution in [0, 0.1) is 0 Å². The van der Waals surface area contributed by atoms with Gasteiger partial charge in [-0.1, -0.05) is 11.3 Å². The molecular formula is C8H4Br2OS. The zero-order chi connectivity index (χ0) is 8.72. The van der Waals surface area contributed by atoms with Crippen molar-refractivity contribution in [3.8, 4) is 5.06 Å². The van der Waals surface area contributed by atoms with E-state index in [1.807, 2.05) is 12.1 Å². The molecule has 62 valence electrons. The van der Waals surface area contributed by atoms with Gasteiger partial charge in [-0.25, -0.2) is 0 Å². The van der Waals surface area contributed by atoms with E-state index in [1.165, 1.54) is 11.3 Å². The van der Waals surface area contributed by atoms with Crippen molar-refractivity contribution in [1.82, 2.24) is 0 Å². The van der Waals surface area contributed by atoms with Gasteiger partial charge in [-0.3, -0.25) is 0 Å². The number of benzene rings is 1. The Labute approximate surface area is 90.3 Å². The molecule has 0 saturated carbocycles. The molecule has 0 atom stereocenters. The fourth-order valence-electron chi connectivity index (χ4n) is 1.02. The summed E-state index contributed by atoms with van der Waals surface area (Å²) < 4.78 is 3.10. The lowest BCUT2D eigenvalue weighted by Crippen LogP contribution is -1.67. The second-order valence-corrected chi connectivity index (χ2v) is 5.16. The van der Waals surface area contributed by atoms with E-state index in [2.05, 4.69) is 31.9 Å². The molecule has 0 aliphatic heterocycles. The topological polar surface area (TPSA) is 20.2 Å². The zero-order valence-corrected chi connectivity index (χ0v) is 9.83. The van der Waals surface area contributed by atoms with Gasteiger partial charge in [-0.2, -0.15) is 0 Å². The van der Waals surface area contributed by atoms with Gasteiger partial charge >= 0.3 is 0 Å². The third kappa shape index (κ3) is 1.39. The Morgan fingerprint density at radius 3 is 2.50 bits per heavy atom. The van der Waals surface area contributed by atoms with Crippen LogP contribution >= 0.6 is 43.2 Å². The van der Waals surface area contributed by atoms with Crippen LogP contribution in [0.1, 0.15) is 0 Å². The Morgan fingerprint density at radius 1 is 1.08 bits per heavy atom. The SMILES string of the molecule is Oc1cc2cc(Br)c(Br)cc2s1. The van der Waals surface area contributed by atoms with Crippen LogP contribution in [0.2, 0.25) is 0 Å². The number of fused-ring (bicyclic) bond motifs is 1. The quantitative estimate of drug-likeness (QED) is 0.776. The van der Waals surface area contributed by atoms with E-state index < -0.39 is 0 Å². The standard InChI is InChI=1S/C8H4Br2OS/c9-5-1-4-2-8(11)12-7(4)3-6(5)10/h1-3,11H. The lowest BCUT2D eigenvalue weighted by atomic mass is 10.3. The van der Waals surface area contributed by atoms with Crippen molar-refractivity contribution in [2.24, 2.45) is 0 Å². The zero-order valence-electron chi connectivity index (χ0n) is 5.84. The van der Waals surface area contributed by atoms with Crippen molar-refractivity contribution in [2.45, 2.75) is 0 Å². The van der Waals surface area contributed by atoms with Crippen molar-refractivity contribution in [3.05, 3.63) is 27.1 Å². The molecule has 1 aromatic heterocycles. The second kappa shape index (κ2) is 3.01. The first-order valence-electron chi connectivity index (χ1n) is 3.24. The molecule has 0 saturated heterocycles. The van der Waals surface area contributed by atoms with Gasteiger partial charge in [-0.05, 0) is 55.4 Å². The highest BCUT2D eigenvalue weighted by Crippen LogP contribution is 2.36. The minimum absolute atomic E-state index is 0.356. The van der Waals surface area contributed by atoms with Crippen molar-refractivity contribution in [2.75, 3.05) is 0 Å². The molecule has 0 spiro atoms. The minimum atomic E-state index is 0.356. The van der Waals surface area contributed by atoms with Gasteiger partial charge in [0.25, 0.3) is 0 Å². The van der Waals surface area contributed by atoms with Crippen molar-refractivity contribution < 1.29 is 5.11 Å². The van der Waals surface area contributed by atoms with Crippen LogP contribution in [-0.4, -0.2) is 5.11 Å². The highest BCUT2D eigenvalue weighted by Gasteiger charge is 2.03. The van der Waals surface area contributed by atoms with Gasteiger partial charge < -0.3 is 5.11 Å². The van der Waals surface area contributed by atoms with Gasteiger partial charge in [-0.15, -0.1) is 0 Å². The molecule has 0 amide bonds. The molecule has 2 aromatic rings. The summed E-state index contributed by atoms with van der Waals surface area (Å²) in [5.41, 5.74) is 0. The third-order valence-corrected chi connectivity index (χ3v) is 4.29. The molecule has 1 N–H and O–H groups in total. The number of hydrogen-bond acceptors (Lipinski definition) is 2. The fraction of sp³-hybridized carbons (Fsp3) is 0. The molecule has 0 aliphatic rings. The molecule has 2 rings (SSSR count). The summed E-state index contributed by atoms with van der Waals surface area (Å²) >= 11 is 8.19. The molecule has 0 unspecified atom stereocenters. The normalized spacial score (nSPS) is 10.8. The summed E-state index contributed by atoms with van der Waals surface area (Å²) in [6, 6.07) is 5.73. The molecule has 0 aliphatic carbocycles. The van der Waals surface area contributed by atoms with Gasteiger partial charge in [0.1, 0.15) is 0 Å². The fourth-order valence-corrected chi connectivity index (χ4v) is 2.70. The molecule has 1 heterocycles. The van der Waals surface area contributed by atoms with E-state index in [1.54, 1.807) is 6.07 Å². The first-order chi connectivity index (χ1) is 5.66. The van der Waals surface area contributed by atoms with Gasteiger partial charge in [0, 0.05) is 13.6 Å². The summed E-state index contributed by atoms with van der Waals surface area (Å²) in [5, 5.41) is 10.6. The molecule has 12 heavy (non-hydrogen) atoms. The van der Waals surface area contributed by atoms with E-state index in [-0.39, 0.29) is 0 Å². The third-order valence-electron chi connectivity index (χ3n) is 1.55. The number of thiophene rings is 1. The highest BCUT2D eigenvalue weighted by atomic mass is 79.9. The molecule has 0 fully saturated rings. The van der Waals surface area contributed by atoms with Crippen molar-refractivity contribution in [3.63, 3.8) is 0 Å². The summed E-state index contributed by atoms with van der Waals surface area (Å²) in [6.07, 6.45) is 0. The van der Waals surface area contributed by atoms with E-state index in [0.717, 1.165) is 19.0 Å². The molecule has 1 aromatic carbocycles. The minimum Gasteiger partial charge on any atom is -0.499 e. The Hall–Kier alpha value is -0.0600. The predicted molar refractivity (Wildman–Crippen MR) is 58.9 cm³/mol. The predicted octanol–water partition coefficient (Wildman–Crippen LogP) is 4.13. The maximum atomic E-state index is 9.23. The first kappa shape index (κ1) is 8.53. The Bertz CT molecular complexity index is 397. The van der Waals surface area contributed by atoms with Crippen molar-refractivity contribution >= 4 is 53.3 Å².